The molecule has 0 N–H and O–H groups in total. The summed E-state index contributed by atoms with van der Waals surface area (Å²) in [7, 11) is 2.15. The summed E-state index contributed by atoms with van der Waals surface area (Å²) in [6.07, 6.45) is 4.61. The summed E-state index contributed by atoms with van der Waals surface area (Å²) in [6.45, 7) is 11.6. The normalized spacial score (nSPS) is 14.1. The van der Waals surface area contributed by atoms with Crippen molar-refractivity contribution in [2.45, 2.75) is 34.5 Å². The van der Waals surface area contributed by atoms with Crippen LogP contribution in [0.15, 0.2) is 67.0 Å². The predicted octanol–water partition coefficient (Wildman–Crippen LogP) is 4.35. The van der Waals surface area contributed by atoms with E-state index in [0.717, 1.165) is 0 Å². The van der Waals surface area contributed by atoms with Crippen molar-refractivity contribution < 1.29 is 4.57 Å². The standard InChI is InChI=1S/C24H29BN3/c1-18-26(6)23(17-27(18)19-12-8-7-9-13-19)28-16-21(24(2,3)4)20-14-10-11-15-22(20)25(28)5/h7-17H,1-6H3/q+1. The summed E-state index contributed by atoms with van der Waals surface area (Å²) in [5.41, 5.74) is 5.41. The van der Waals surface area contributed by atoms with Gasteiger partial charge in [0, 0.05) is 13.1 Å². The molecule has 0 fully saturated rings. The van der Waals surface area contributed by atoms with Crippen LogP contribution >= 0.6 is 0 Å². The first-order valence-corrected chi connectivity index (χ1v) is 10.0. The molecule has 0 aliphatic carbocycles. The van der Waals surface area contributed by atoms with Gasteiger partial charge in [0.25, 0.3) is 0 Å². The van der Waals surface area contributed by atoms with E-state index in [0.29, 0.717) is 0 Å². The van der Waals surface area contributed by atoms with Gasteiger partial charge in [-0.25, -0.2) is 9.13 Å². The lowest BCUT2D eigenvalue weighted by Gasteiger charge is -2.34. The second-order valence-corrected chi connectivity index (χ2v) is 8.76. The molecule has 28 heavy (non-hydrogen) atoms. The average Bonchev–Trinajstić information content (AvgIpc) is 2.97. The van der Waals surface area contributed by atoms with Crippen molar-refractivity contribution in [3.8, 4) is 5.69 Å². The van der Waals surface area contributed by atoms with E-state index in [-0.39, 0.29) is 12.3 Å². The summed E-state index contributed by atoms with van der Waals surface area (Å²) < 4.78 is 4.56. The Hall–Kier alpha value is -2.75. The Bertz CT molecular complexity index is 1040. The quantitative estimate of drug-likeness (QED) is 0.483. The van der Waals surface area contributed by atoms with Crippen LogP contribution in [0.1, 0.15) is 32.2 Å². The van der Waals surface area contributed by atoms with Gasteiger partial charge in [0.1, 0.15) is 11.9 Å². The Morgan fingerprint density at radius 2 is 1.57 bits per heavy atom. The van der Waals surface area contributed by atoms with E-state index in [1.807, 2.05) is 0 Å². The molecule has 3 nitrogen and oxygen atoms in total. The van der Waals surface area contributed by atoms with Gasteiger partial charge in [0.2, 0.25) is 11.6 Å². The number of benzene rings is 2. The number of aromatic nitrogens is 2. The van der Waals surface area contributed by atoms with E-state index in [4.69, 9.17) is 0 Å². The smallest absolute Gasteiger partial charge is 0.316 e. The minimum atomic E-state index is 0.0735. The first-order chi connectivity index (χ1) is 13.3. The zero-order valence-electron chi connectivity index (χ0n) is 17.8. The summed E-state index contributed by atoms with van der Waals surface area (Å²) in [4.78, 5) is 2.43. The molecule has 1 aliphatic rings. The Morgan fingerprint density at radius 3 is 2.25 bits per heavy atom. The van der Waals surface area contributed by atoms with Crippen LogP contribution in [0.3, 0.4) is 0 Å². The van der Waals surface area contributed by atoms with Crippen molar-refractivity contribution in [3.05, 3.63) is 78.4 Å². The number of hydrogen-bond acceptors (Lipinski definition) is 1. The van der Waals surface area contributed by atoms with Crippen LogP contribution in [-0.4, -0.2) is 11.4 Å². The van der Waals surface area contributed by atoms with Gasteiger partial charge in [0.05, 0.1) is 7.05 Å². The Balaban J connectivity index is 1.88. The number of anilines is 1. The van der Waals surface area contributed by atoms with E-state index >= 15 is 0 Å². The molecule has 0 amide bonds. The maximum Gasteiger partial charge on any atom is 0.370 e. The summed E-state index contributed by atoms with van der Waals surface area (Å²) in [5, 5.41) is 0. The lowest BCUT2D eigenvalue weighted by Crippen LogP contribution is -2.52. The molecule has 4 rings (SSSR count). The lowest BCUT2D eigenvalue weighted by molar-refractivity contribution is -0.664. The topological polar surface area (TPSA) is 12.1 Å². The van der Waals surface area contributed by atoms with Crippen LogP contribution in [0.2, 0.25) is 6.82 Å². The molecule has 0 atom stereocenters. The van der Waals surface area contributed by atoms with Crippen LogP contribution in [0.5, 0.6) is 0 Å². The molecule has 2 aromatic carbocycles. The number of hydrogen-bond donors (Lipinski definition) is 0. The highest BCUT2D eigenvalue weighted by Crippen LogP contribution is 2.37. The Labute approximate surface area is 169 Å². The maximum absolute atomic E-state index is 2.43. The SMILES string of the molecule is CB1c2ccccc2C(C(C)(C)C)=CN1c1cn(-c2ccccc2)c(C)[n+]1C. The minimum absolute atomic E-state index is 0.0735. The first-order valence-electron chi connectivity index (χ1n) is 10.0. The van der Waals surface area contributed by atoms with Gasteiger partial charge >= 0.3 is 6.85 Å². The number of fused-ring (bicyclic) bond motifs is 1. The summed E-state index contributed by atoms with van der Waals surface area (Å²) in [5.74, 6) is 2.41. The van der Waals surface area contributed by atoms with Crippen LogP contribution in [0.4, 0.5) is 5.82 Å². The van der Waals surface area contributed by atoms with Crippen LogP contribution in [0.25, 0.3) is 11.3 Å². The number of imidazole rings is 1. The van der Waals surface area contributed by atoms with Crippen LogP contribution in [-0.2, 0) is 7.05 Å². The van der Waals surface area contributed by atoms with Gasteiger partial charge < -0.3 is 4.81 Å². The zero-order chi connectivity index (χ0) is 20.1. The summed E-state index contributed by atoms with van der Waals surface area (Å²) >= 11 is 0. The molecule has 2 heterocycles. The fraction of sp³-hybridized carbons (Fsp3) is 0.292. The zero-order valence-corrected chi connectivity index (χ0v) is 17.8. The monoisotopic (exact) mass is 370 g/mol. The molecule has 0 saturated carbocycles. The van der Waals surface area contributed by atoms with Gasteiger partial charge in [-0.05, 0) is 41.0 Å². The maximum atomic E-state index is 2.43. The van der Waals surface area contributed by atoms with Crippen LogP contribution in [0, 0.1) is 12.3 Å². The minimum Gasteiger partial charge on any atom is -0.316 e. The Morgan fingerprint density at radius 1 is 0.929 bits per heavy atom. The van der Waals surface area contributed by atoms with E-state index < -0.39 is 0 Å². The first kappa shape index (κ1) is 18.6. The molecule has 0 bridgehead atoms. The molecule has 0 radical (unpaired) electrons. The molecular formula is C24H29BN3+. The largest absolute Gasteiger partial charge is 0.370 e. The second-order valence-electron chi connectivity index (χ2n) is 8.76. The van der Waals surface area contributed by atoms with Gasteiger partial charge in [-0.1, -0.05) is 63.2 Å². The lowest BCUT2D eigenvalue weighted by atomic mass is 9.52. The van der Waals surface area contributed by atoms with Crippen molar-refractivity contribution in [1.82, 2.24) is 4.57 Å². The van der Waals surface area contributed by atoms with Crippen molar-refractivity contribution >= 4 is 23.7 Å². The van der Waals surface area contributed by atoms with E-state index in [2.05, 4.69) is 123 Å². The number of allylic oxidation sites excluding steroid dienone is 1. The van der Waals surface area contributed by atoms with Gasteiger partial charge in [0.15, 0.2) is 0 Å². The Kier molecular flexibility index (Phi) is 4.45. The average molecular weight is 370 g/mol. The predicted molar refractivity (Wildman–Crippen MR) is 119 cm³/mol. The second kappa shape index (κ2) is 6.70. The third kappa shape index (κ3) is 2.97. The fourth-order valence-electron chi connectivity index (χ4n) is 4.15. The molecule has 1 aromatic heterocycles. The van der Waals surface area contributed by atoms with Gasteiger partial charge in [-0.15, -0.1) is 0 Å². The highest BCUT2D eigenvalue weighted by Gasteiger charge is 2.38. The van der Waals surface area contributed by atoms with Crippen molar-refractivity contribution in [2.24, 2.45) is 12.5 Å². The van der Waals surface area contributed by atoms with Gasteiger partial charge in [-0.3, -0.25) is 0 Å². The highest BCUT2D eigenvalue weighted by molar-refractivity contribution is 6.77. The van der Waals surface area contributed by atoms with Crippen molar-refractivity contribution in [1.29, 1.82) is 0 Å². The molecule has 1 aliphatic heterocycles. The molecule has 142 valence electrons. The van der Waals surface area contributed by atoms with E-state index in [1.165, 1.54) is 33.9 Å². The third-order valence-electron chi connectivity index (χ3n) is 5.92. The molecule has 3 aromatic rings. The van der Waals surface area contributed by atoms with Gasteiger partial charge in [-0.2, -0.15) is 0 Å². The summed E-state index contributed by atoms with van der Waals surface area (Å²) in [6, 6.07) is 19.4. The highest BCUT2D eigenvalue weighted by atomic mass is 15.3. The fourth-order valence-corrected chi connectivity index (χ4v) is 4.15. The molecule has 4 heteroatoms. The van der Waals surface area contributed by atoms with Crippen LogP contribution < -0.4 is 14.8 Å². The molecule has 0 saturated heterocycles. The van der Waals surface area contributed by atoms with Crippen molar-refractivity contribution in [3.63, 3.8) is 0 Å². The number of nitrogens with zero attached hydrogens (tertiary/aromatic N) is 3. The van der Waals surface area contributed by atoms with E-state index in [1.54, 1.807) is 0 Å². The molecule has 0 unspecified atom stereocenters. The third-order valence-corrected chi connectivity index (χ3v) is 5.92. The molecular weight excluding hydrogens is 341 g/mol. The van der Waals surface area contributed by atoms with E-state index in [9.17, 15) is 0 Å². The molecule has 0 spiro atoms. The number of para-hydroxylation sites is 1. The number of rotatable bonds is 2. The van der Waals surface area contributed by atoms with Crippen molar-refractivity contribution in [2.75, 3.05) is 4.81 Å².